The van der Waals surface area contributed by atoms with Crippen molar-refractivity contribution in [1.82, 2.24) is 5.32 Å². The van der Waals surface area contributed by atoms with Crippen LogP contribution in [0.25, 0.3) is 0 Å². The normalized spacial score (nSPS) is 14.8. The van der Waals surface area contributed by atoms with E-state index in [0.29, 0.717) is 6.42 Å². The Bertz CT molecular complexity index is 395. The quantitative estimate of drug-likeness (QED) is 0.828. The Morgan fingerprint density at radius 3 is 2.26 bits per heavy atom. The molecule has 0 saturated carbocycles. The summed E-state index contributed by atoms with van der Waals surface area (Å²) in [5.74, 6) is -0.201. The molecule has 0 radical (unpaired) electrons. The first-order valence-electron chi connectivity index (χ1n) is 6.79. The number of methoxy groups -OCH3 is 1. The van der Waals surface area contributed by atoms with Crippen molar-refractivity contribution in [2.45, 2.75) is 46.2 Å². The molecule has 0 aliphatic heterocycles. The third kappa shape index (κ3) is 4.35. The highest BCUT2D eigenvalue weighted by Gasteiger charge is 2.30. The van der Waals surface area contributed by atoms with Gasteiger partial charge in [0.1, 0.15) is 6.04 Å². The molecule has 0 spiro atoms. The third-order valence-electron chi connectivity index (χ3n) is 3.26. The summed E-state index contributed by atoms with van der Waals surface area (Å²) in [6.07, 6.45) is 0.714. The zero-order valence-electron chi connectivity index (χ0n) is 12.6. The number of benzene rings is 1. The molecule has 0 fully saturated rings. The summed E-state index contributed by atoms with van der Waals surface area (Å²) in [6.45, 7) is 8.49. The maximum atomic E-state index is 11.8. The van der Waals surface area contributed by atoms with Gasteiger partial charge in [-0.2, -0.15) is 0 Å². The number of carbonyl (C=O) groups is 1. The molecule has 1 aromatic rings. The second-order valence-electron chi connectivity index (χ2n) is 5.86. The maximum absolute atomic E-state index is 11.8. The molecule has 0 aliphatic carbocycles. The van der Waals surface area contributed by atoms with Crippen LogP contribution in [0.4, 0.5) is 0 Å². The molecule has 1 aromatic carbocycles. The van der Waals surface area contributed by atoms with E-state index in [1.54, 1.807) is 0 Å². The van der Waals surface area contributed by atoms with Crippen LogP contribution in [0.1, 0.15) is 45.7 Å². The Kier molecular flexibility index (Phi) is 5.55. The Morgan fingerprint density at radius 1 is 1.26 bits per heavy atom. The van der Waals surface area contributed by atoms with Crippen molar-refractivity contribution in [3.63, 3.8) is 0 Å². The molecule has 0 heterocycles. The summed E-state index contributed by atoms with van der Waals surface area (Å²) in [4.78, 5) is 11.8. The predicted molar refractivity (Wildman–Crippen MR) is 77.9 cm³/mol. The van der Waals surface area contributed by atoms with Gasteiger partial charge in [-0.3, -0.25) is 10.1 Å². The van der Waals surface area contributed by atoms with E-state index in [0.717, 1.165) is 0 Å². The predicted octanol–water partition coefficient (Wildman–Crippen LogP) is 3.32. The van der Waals surface area contributed by atoms with Gasteiger partial charge in [-0.05, 0) is 17.4 Å². The van der Waals surface area contributed by atoms with E-state index in [1.807, 2.05) is 25.1 Å². The average molecular weight is 263 g/mol. The zero-order chi connectivity index (χ0) is 14.5. The average Bonchev–Trinajstić information content (AvgIpc) is 2.38. The molecule has 106 valence electrons. The van der Waals surface area contributed by atoms with E-state index in [9.17, 15) is 4.79 Å². The molecule has 0 aromatic heterocycles. The summed E-state index contributed by atoms with van der Waals surface area (Å²) in [7, 11) is 1.43. The standard InChI is InChI=1S/C16H25NO2/c1-6-13(15(18)19-5)17-14(16(2,3)4)12-10-8-7-9-11-12/h7-11,13-14,17H,6H2,1-5H3. The van der Waals surface area contributed by atoms with Crippen molar-refractivity contribution >= 4 is 5.97 Å². The number of carbonyl (C=O) groups excluding carboxylic acids is 1. The highest BCUT2D eigenvalue weighted by molar-refractivity contribution is 5.75. The fourth-order valence-corrected chi connectivity index (χ4v) is 2.19. The molecule has 0 aliphatic rings. The van der Waals surface area contributed by atoms with Gasteiger partial charge < -0.3 is 4.74 Å². The van der Waals surface area contributed by atoms with Gasteiger partial charge in [0.05, 0.1) is 7.11 Å². The molecular formula is C16H25NO2. The molecule has 2 unspecified atom stereocenters. The topological polar surface area (TPSA) is 38.3 Å². The molecule has 0 saturated heterocycles. The molecule has 19 heavy (non-hydrogen) atoms. The smallest absolute Gasteiger partial charge is 0.322 e. The molecule has 0 amide bonds. The van der Waals surface area contributed by atoms with Crippen molar-refractivity contribution in [2.75, 3.05) is 7.11 Å². The summed E-state index contributed by atoms with van der Waals surface area (Å²) in [5, 5.41) is 3.44. The van der Waals surface area contributed by atoms with Crippen LogP contribution < -0.4 is 5.32 Å². The second-order valence-corrected chi connectivity index (χ2v) is 5.86. The zero-order valence-corrected chi connectivity index (χ0v) is 12.6. The van der Waals surface area contributed by atoms with Gasteiger partial charge in [0, 0.05) is 6.04 Å². The van der Waals surface area contributed by atoms with Crippen LogP contribution in [0.15, 0.2) is 30.3 Å². The lowest BCUT2D eigenvalue weighted by atomic mass is 9.82. The minimum absolute atomic E-state index is 0.0167. The molecule has 3 nitrogen and oxygen atoms in total. The number of rotatable bonds is 5. The van der Waals surface area contributed by atoms with Crippen LogP contribution >= 0.6 is 0 Å². The lowest BCUT2D eigenvalue weighted by molar-refractivity contribution is -0.143. The highest BCUT2D eigenvalue weighted by atomic mass is 16.5. The SMILES string of the molecule is CCC(NC(c1ccccc1)C(C)(C)C)C(=O)OC. The van der Waals surface area contributed by atoms with Crippen LogP contribution in [-0.2, 0) is 9.53 Å². The van der Waals surface area contributed by atoms with E-state index in [4.69, 9.17) is 4.74 Å². The van der Waals surface area contributed by atoms with Gasteiger partial charge in [0.25, 0.3) is 0 Å². The Morgan fingerprint density at radius 2 is 1.84 bits per heavy atom. The van der Waals surface area contributed by atoms with E-state index < -0.39 is 0 Å². The van der Waals surface area contributed by atoms with Gasteiger partial charge in [-0.25, -0.2) is 0 Å². The van der Waals surface area contributed by atoms with E-state index in [1.165, 1.54) is 12.7 Å². The maximum Gasteiger partial charge on any atom is 0.322 e. The van der Waals surface area contributed by atoms with Gasteiger partial charge in [-0.15, -0.1) is 0 Å². The molecule has 1 N–H and O–H groups in total. The van der Waals surface area contributed by atoms with Crippen LogP contribution in [0.2, 0.25) is 0 Å². The van der Waals surface area contributed by atoms with Crippen molar-refractivity contribution in [3.8, 4) is 0 Å². The first kappa shape index (κ1) is 15.7. The molecule has 3 heteroatoms. The van der Waals surface area contributed by atoms with Crippen molar-refractivity contribution < 1.29 is 9.53 Å². The Balaban J connectivity index is 2.97. The third-order valence-corrected chi connectivity index (χ3v) is 3.26. The second kappa shape index (κ2) is 6.71. The van der Waals surface area contributed by atoms with E-state index in [-0.39, 0.29) is 23.5 Å². The van der Waals surface area contributed by atoms with Crippen molar-refractivity contribution in [2.24, 2.45) is 5.41 Å². The first-order valence-corrected chi connectivity index (χ1v) is 6.79. The van der Waals surface area contributed by atoms with Gasteiger partial charge in [0.2, 0.25) is 0 Å². The number of ether oxygens (including phenoxy) is 1. The molecular weight excluding hydrogens is 238 g/mol. The number of nitrogens with one attached hydrogen (secondary N) is 1. The van der Waals surface area contributed by atoms with Gasteiger partial charge >= 0.3 is 5.97 Å². The highest BCUT2D eigenvalue weighted by Crippen LogP contribution is 2.33. The van der Waals surface area contributed by atoms with Crippen LogP contribution in [0, 0.1) is 5.41 Å². The number of hydrogen-bond acceptors (Lipinski definition) is 3. The molecule has 1 rings (SSSR count). The van der Waals surface area contributed by atoms with E-state index in [2.05, 4.69) is 38.2 Å². The molecule has 0 bridgehead atoms. The first-order chi connectivity index (χ1) is 8.90. The van der Waals surface area contributed by atoms with E-state index >= 15 is 0 Å². The monoisotopic (exact) mass is 263 g/mol. The largest absolute Gasteiger partial charge is 0.468 e. The fraction of sp³-hybridized carbons (Fsp3) is 0.562. The minimum atomic E-state index is -0.269. The van der Waals surface area contributed by atoms with Crippen LogP contribution in [-0.4, -0.2) is 19.1 Å². The number of esters is 1. The molecule has 2 atom stereocenters. The lowest BCUT2D eigenvalue weighted by Crippen LogP contribution is -2.43. The summed E-state index contributed by atoms with van der Waals surface area (Å²) in [6, 6.07) is 10.1. The van der Waals surface area contributed by atoms with Crippen molar-refractivity contribution in [1.29, 1.82) is 0 Å². The Hall–Kier alpha value is -1.35. The number of hydrogen-bond donors (Lipinski definition) is 1. The van der Waals surface area contributed by atoms with Crippen molar-refractivity contribution in [3.05, 3.63) is 35.9 Å². The Labute approximate surface area is 116 Å². The lowest BCUT2D eigenvalue weighted by Gasteiger charge is -2.34. The summed E-state index contributed by atoms with van der Waals surface area (Å²) >= 11 is 0. The van der Waals surface area contributed by atoms with Crippen LogP contribution in [0.3, 0.4) is 0 Å². The minimum Gasteiger partial charge on any atom is -0.468 e. The van der Waals surface area contributed by atoms with Crippen LogP contribution in [0.5, 0.6) is 0 Å². The summed E-state index contributed by atoms with van der Waals surface area (Å²) < 4.78 is 4.85. The summed E-state index contributed by atoms with van der Waals surface area (Å²) in [5.41, 5.74) is 1.21. The van der Waals surface area contributed by atoms with Gasteiger partial charge in [-0.1, -0.05) is 58.0 Å². The van der Waals surface area contributed by atoms with Gasteiger partial charge in [0.15, 0.2) is 0 Å². The fourth-order valence-electron chi connectivity index (χ4n) is 2.19.